The standard InChI is InChI=1S/C14H16ClNO4/c1-8-5-9(3-4-11(8)15)13(18)16-7-10(17)6-12(16)14(19)20-2/h3-5,10,12,17H,6-7H2,1-2H3. The van der Waals surface area contributed by atoms with Gasteiger partial charge in [-0.05, 0) is 30.7 Å². The third-order valence-corrected chi connectivity index (χ3v) is 3.84. The van der Waals surface area contributed by atoms with Crippen molar-refractivity contribution in [1.82, 2.24) is 4.90 Å². The van der Waals surface area contributed by atoms with Gasteiger partial charge in [-0.3, -0.25) is 4.79 Å². The van der Waals surface area contributed by atoms with Gasteiger partial charge >= 0.3 is 5.97 Å². The monoisotopic (exact) mass is 297 g/mol. The first-order valence-corrected chi connectivity index (χ1v) is 6.65. The first-order chi connectivity index (χ1) is 9.43. The number of carbonyl (C=O) groups excluding carboxylic acids is 2. The van der Waals surface area contributed by atoms with E-state index < -0.39 is 18.1 Å². The summed E-state index contributed by atoms with van der Waals surface area (Å²) in [6, 6.07) is 4.18. The lowest BCUT2D eigenvalue weighted by molar-refractivity contribution is -0.145. The third-order valence-electron chi connectivity index (χ3n) is 3.42. The van der Waals surface area contributed by atoms with Gasteiger partial charge in [0.1, 0.15) is 6.04 Å². The highest BCUT2D eigenvalue weighted by molar-refractivity contribution is 6.31. The summed E-state index contributed by atoms with van der Waals surface area (Å²) in [7, 11) is 1.27. The Hall–Kier alpha value is -1.59. The number of carbonyl (C=O) groups is 2. The molecular weight excluding hydrogens is 282 g/mol. The second kappa shape index (κ2) is 5.81. The van der Waals surface area contributed by atoms with E-state index in [1.807, 2.05) is 0 Å². The zero-order valence-corrected chi connectivity index (χ0v) is 12.1. The van der Waals surface area contributed by atoms with Crippen LogP contribution in [0.5, 0.6) is 0 Å². The molecule has 0 aromatic heterocycles. The highest BCUT2D eigenvalue weighted by atomic mass is 35.5. The third kappa shape index (κ3) is 2.78. The molecule has 1 amide bonds. The lowest BCUT2D eigenvalue weighted by Gasteiger charge is -2.22. The van der Waals surface area contributed by atoms with Gasteiger partial charge in [-0.1, -0.05) is 11.6 Å². The van der Waals surface area contributed by atoms with Crippen molar-refractivity contribution in [3.63, 3.8) is 0 Å². The second-order valence-corrected chi connectivity index (χ2v) is 5.26. The fourth-order valence-corrected chi connectivity index (χ4v) is 2.46. The van der Waals surface area contributed by atoms with Gasteiger partial charge in [-0.25, -0.2) is 4.79 Å². The summed E-state index contributed by atoms with van der Waals surface area (Å²) >= 11 is 5.93. The minimum absolute atomic E-state index is 0.125. The van der Waals surface area contributed by atoms with Crippen LogP contribution in [0.4, 0.5) is 0 Å². The quantitative estimate of drug-likeness (QED) is 0.838. The van der Waals surface area contributed by atoms with Crippen molar-refractivity contribution in [2.45, 2.75) is 25.5 Å². The molecule has 1 N–H and O–H groups in total. The van der Waals surface area contributed by atoms with Gasteiger partial charge in [0.2, 0.25) is 0 Å². The summed E-state index contributed by atoms with van der Waals surface area (Å²) in [5, 5.41) is 10.3. The maximum Gasteiger partial charge on any atom is 0.328 e. The molecule has 6 heteroatoms. The number of likely N-dealkylation sites (tertiary alicyclic amines) is 1. The number of hydrogen-bond acceptors (Lipinski definition) is 4. The number of rotatable bonds is 2. The fourth-order valence-electron chi connectivity index (χ4n) is 2.34. The minimum Gasteiger partial charge on any atom is -0.467 e. The number of benzene rings is 1. The van der Waals surface area contributed by atoms with Gasteiger partial charge in [-0.15, -0.1) is 0 Å². The van der Waals surface area contributed by atoms with Crippen LogP contribution in [0.1, 0.15) is 22.3 Å². The van der Waals surface area contributed by atoms with Crippen molar-refractivity contribution in [1.29, 1.82) is 0 Å². The number of nitrogens with zero attached hydrogens (tertiary/aromatic N) is 1. The fraction of sp³-hybridized carbons (Fsp3) is 0.429. The van der Waals surface area contributed by atoms with Crippen LogP contribution in [0.3, 0.4) is 0 Å². The van der Waals surface area contributed by atoms with Crippen LogP contribution in [0.2, 0.25) is 5.02 Å². The van der Waals surface area contributed by atoms with Gasteiger partial charge in [0.15, 0.2) is 0 Å². The Morgan fingerprint density at radius 3 is 2.75 bits per heavy atom. The highest BCUT2D eigenvalue weighted by Gasteiger charge is 2.39. The molecule has 0 saturated carbocycles. The first kappa shape index (κ1) is 14.8. The van der Waals surface area contributed by atoms with Gasteiger partial charge in [0, 0.05) is 23.6 Å². The largest absolute Gasteiger partial charge is 0.467 e. The van der Waals surface area contributed by atoms with E-state index in [1.165, 1.54) is 12.0 Å². The number of ether oxygens (including phenoxy) is 1. The number of amides is 1. The lowest BCUT2D eigenvalue weighted by Crippen LogP contribution is -2.41. The van der Waals surface area contributed by atoms with Crippen molar-refractivity contribution in [2.24, 2.45) is 0 Å². The molecule has 1 aliphatic heterocycles. The van der Waals surface area contributed by atoms with Crippen molar-refractivity contribution in [3.05, 3.63) is 34.3 Å². The summed E-state index contributed by atoms with van der Waals surface area (Å²) in [6.07, 6.45) is -0.512. The van der Waals surface area contributed by atoms with Crippen LogP contribution in [-0.4, -0.2) is 47.7 Å². The van der Waals surface area contributed by atoms with E-state index in [2.05, 4.69) is 4.74 Å². The number of aryl methyl sites for hydroxylation is 1. The van der Waals surface area contributed by atoms with Crippen molar-refractivity contribution >= 4 is 23.5 Å². The number of esters is 1. The second-order valence-electron chi connectivity index (χ2n) is 4.85. The number of aliphatic hydroxyl groups excluding tert-OH is 1. The van der Waals surface area contributed by atoms with E-state index >= 15 is 0 Å². The van der Waals surface area contributed by atoms with E-state index in [0.717, 1.165) is 5.56 Å². The van der Waals surface area contributed by atoms with Crippen LogP contribution in [0.15, 0.2) is 18.2 Å². The Labute approximate surface area is 122 Å². The Balaban J connectivity index is 2.26. The Morgan fingerprint density at radius 2 is 2.15 bits per heavy atom. The van der Waals surface area contributed by atoms with E-state index in [4.69, 9.17) is 11.6 Å². The molecule has 1 aromatic rings. The van der Waals surface area contributed by atoms with Crippen LogP contribution in [0, 0.1) is 6.92 Å². The summed E-state index contributed by atoms with van der Waals surface area (Å²) in [5.41, 5.74) is 1.22. The maximum atomic E-state index is 12.5. The van der Waals surface area contributed by atoms with Crippen LogP contribution in [-0.2, 0) is 9.53 Å². The molecule has 2 unspecified atom stereocenters. The summed E-state index contributed by atoms with van der Waals surface area (Å²) < 4.78 is 4.68. The topological polar surface area (TPSA) is 66.8 Å². The molecule has 108 valence electrons. The Kier molecular flexibility index (Phi) is 4.30. The zero-order chi connectivity index (χ0) is 14.9. The normalized spacial score (nSPS) is 21.9. The molecule has 0 bridgehead atoms. The average molecular weight is 298 g/mol. The molecular formula is C14H16ClNO4. The van der Waals surface area contributed by atoms with E-state index in [9.17, 15) is 14.7 Å². The van der Waals surface area contributed by atoms with E-state index in [0.29, 0.717) is 10.6 Å². The molecule has 1 fully saturated rings. The number of β-amino-alcohol motifs (C(OH)–C–C–N with tert-alkyl or cyclic N) is 1. The summed E-state index contributed by atoms with van der Waals surface area (Å²) in [4.78, 5) is 25.5. The number of methoxy groups -OCH3 is 1. The van der Waals surface area contributed by atoms with E-state index in [-0.39, 0.29) is 18.9 Å². The Bertz CT molecular complexity index is 546. The molecule has 20 heavy (non-hydrogen) atoms. The molecule has 1 aromatic carbocycles. The van der Waals surface area contributed by atoms with Crippen molar-refractivity contribution in [2.75, 3.05) is 13.7 Å². The first-order valence-electron chi connectivity index (χ1n) is 6.27. The number of hydrogen-bond donors (Lipinski definition) is 1. The number of halogens is 1. The molecule has 0 aliphatic carbocycles. The minimum atomic E-state index is -0.738. The SMILES string of the molecule is COC(=O)C1CC(O)CN1C(=O)c1ccc(Cl)c(C)c1. The Morgan fingerprint density at radius 1 is 1.45 bits per heavy atom. The van der Waals surface area contributed by atoms with Crippen LogP contribution in [0.25, 0.3) is 0 Å². The molecule has 2 atom stereocenters. The highest BCUT2D eigenvalue weighted by Crippen LogP contribution is 2.23. The molecule has 0 spiro atoms. The predicted molar refractivity (Wildman–Crippen MR) is 73.7 cm³/mol. The van der Waals surface area contributed by atoms with Gasteiger partial charge in [0.25, 0.3) is 5.91 Å². The molecule has 1 saturated heterocycles. The van der Waals surface area contributed by atoms with Gasteiger partial charge in [0.05, 0.1) is 13.2 Å². The molecule has 5 nitrogen and oxygen atoms in total. The van der Waals surface area contributed by atoms with Crippen LogP contribution >= 0.6 is 11.6 Å². The van der Waals surface area contributed by atoms with Crippen LogP contribution < -0.4 is 0 Å². The van der Waals surface area contributed by atoms with E-state index in [1.54, 1.807) is 25.1 Å². The maximum absolute atomic E-state index is 12.5. The summed E-state index contributed by atoms with van der Waals surface area (Å²) in [6.45, 7) is 1.93. The van der Waals surface area contributed by atoms with Gasteiger partial charge in [-0.2, -0.15) is 0 Å². The smallest absolute Gasteiger partial charge is 0.328 e. The van der Waals surface area contributed by atoms with Crippen molar-refractivity contribution in [3.8, 4) is 0 Å². The molecule has 2 rings (SSSR count). The molecule has 1 heterocycles. The van der Waals surface area contributed by atoms with Crippen molar-refractivity contribution < 1.29 is 19.4 Å². The molecule has 0 radical (unpaired) electrons. The van der Waals surface area contributed by atoms with Gasteiger partial charge < -0.3 is 14.7 Å². The zero-order valence-electron chi connectivity index (χ0n) is 11.3. The number of aliphatic hydroxyl groups is 1. The predicted octanol–water partition coefficient (Wildman–Crippen LogP) is 1.40. The average Bonchev–Trinajstić information content (AvgIpc) is 2.82. The molecule has 1 aliphatic rings. The lowest BCUT2D eigenvalue weighted by atomic mass is 10.1. The summed E-state index contributed by atoms with van der Waals surface area (Å²) in [5.74, 6) is -0.822.